The van der Waals surface area contributed by atoms with Crippen molar-refractivity contribution in [3.8, 4) is 0 Å². The molecule has 0 aliphatic rings. The Labute approximate surface area is 134 Å². The van der Waals surface area contributed by atoms with Crippen molar-refractivity contribution in [2.45, 2.75) is 25.3 Å². The summed E-state index contributed by atoms with van der Waals surface area (Å²) in [6.45, 7) is 4.11. The van der Waals surface area contributed by atoms with Crippen LogP contribution >= 0.6 is 23.2 Å². The number of imidazole rings is 1. The summed E-state index contributed by atoms with van der Waals surface area (Å²) in [5.41, 5.74) is 3.25. The minimum Gasteiger partial charge on any atom is -0.319 e. The molecule has 108 valence electrons. The largest absolute Gasteiger partial charge is 0.319 e. The van der Waals surface area contributed by atoms with Gasteiger partial charge >= 0.3 is 0 Å². The maximum absolute atomic E-state index is 6.33. The van der Waals surface area contributed by atoms with Gasteiger partial charge in [0.05, 0.1) is 22.5 Å². The van der Waals surface area contributed by atoms with Crippen LogP contribution < -0.4 is 0 Å². The molecule has 0 saturated heterocycles. The summed E-state index contributed by atoms with van der Waals surface area (Å²) in [6.07, 6.45) is 0. The highest BCUT2D eigenvalue weighted by molar-refractivity contribution is 6.30. The van der Waals surface area contributed by atoms with Crippen LogP contribution in [0.25, 0.3) is 11.0 Å². The van der Waals surface area contributed by atoms with Gasteiger partial charge in [-0.25, -0.2) is 4.98 Å². The number of nitrogens with zero attached hydrogens (tertiary/aromatic N) is 2. The van der Waals surface area contributed by atoms with Gasteiger partial charge in [0.2, 0.25) is 0 Å². The Bertz CT molecular complexity index is 760. The number of alkyl halides is 1. The van der Waals surface area contributed by atoms with Crippen LogP contribution in [0.4, 0.5) is 0 Å². The number of hydrogen-bond donors (Lipinski definition) is 0. The Hall–Kier alpha value is -1.51. The van der Waals surface area contributed by atoms with Crippen molar-refractivity contribution >= 4 is 34.2 Å². The number of aromatic nitrogens is 2. The summed E-state index contributed by atoms with van der Waals surface area (Å²) in [5, 5.41) is 0.597. The van der Waals surface area contributed by atoms with Crippen molar-refractivity contribution in [2.24, 2.45) is 0 Å². The highest BCUT2D eigenvalue weighted by Gasteiger charge is 2.19. The fourth-order valence-corrected chi connectivity index (χ4v) is 2.92. The van der Waals surface area contributed by atoms with Crippen molar-refractivity contribution in [3.63, 3.8) is 0 Å². The van der Waals surface area contributed by atoms with Gasteiger partial charge in [-0.05, 0) is 43.7 Å². The molecular formula is C17H16Cl2N2. The zero-order chi connectivity index (χ0) is 15.0. The van der Waals surface area contributed by atoms with Crippen LogP contribution in [0.1, 0.15) is 36.7 Å². The van der Waals surface area contributed by atoms with E-state index in [2.05, 4.69) is 22.5 Å². The van der Waals surface area contributed by atoms with Gasteiger partial charge in [0, 0.05) is 5.02 Å². The predicted octanol–water partition coefficient (Wildman–Crippen LogP) is 5.60. The molecule has 0 saturated carbocycles. The van der Waals surface area contributed by atoms with E-state index in [1.54, 1.807) is 0 Å². The summed E-state index contributed by atoms with van der Waals surface area (Å²) in [6, 6.07) is 16.2. The van der Waals surface area contributed by atoms with Gasteiger partial charge < -0.3 is 4.57 Å². The highest BCUT2D eigenvalue weighted by atomic mass is 35.5. The topological polar surface area (TPSA) is 17.8 Å². The lowest BCUT2D eigenvalue weighted by atomic mass is 10.1. The smallest absolute Gasteiger partial charge is 0.128 e. The Kier molecular flexibility index (Phi) is 3.92. The summed E-state index contributed by atoms with van der Waals surface area (Å²) in [4.78, 5) is 4.68. The van der Waals surface area contributed by atoms with E-state index in [9.17, 15) is 0 Å². The number of para-hydroxylation sites is 2. The number of rotatable bonds is 3. The standard InChI is InChI=1S/C17H16Cl2N2/c1-11(18)17-20-15-5-3-4-6-16(15)21(17)12(2)13-7-9-14(19)10-8-13/h3-12H,1-2H3. The van der Waals surface area contributed by atoms with Crippen LogP contribution in [0.5, 0.6) is 0 Å². The van der Waals surface area contributed by atoms with E-state index in [0.717, 1.165) is 21.9 Å². The van der Waals surface area contributed by atoms with E-state index in [4.69, 9.17) is 23.2 Å². The zero-order valence-corrected chi connectivity index (χ0v) is 13.4. The van der Waals surface area contributed by atoms with Crippen LogP contribution in [0.15, 0.2) is 48.5 Å². The molecule has 1 heterocycles. The second-order valence-electron chi connectivity index (χ2n) is 5.17. The summed E-state index contributed by atoms with van der Waals surface area (Å²) in [7, 11) is 0. The van der Waals surface area contributed by atoms with E-state index >= 15 is 0 Å². The number of fused-ring (bicyclic) bond motifs is 1. The van der Waals surface area contributed by atoms with Crippen LogP contribution in [-0.2, 0) is 0 Å². The normalized spacial score (nSPS) is 14.3. The van der Waals surface area contributed by atoms with E-state index < -0.39 is 0 Å². The molecule has 0 radical (unpaired) electrons. The second kappa shape index (κ2) is 5.70. The average Bonchev–Trinajstić information content (AvgIpc) is 2.87. The SMILES string of the molecule is CC(Cl)c1nc2ccccc2n1C(C)c1ccc(Cl)cc1. The van der Waals surface area contributed by atoms with Gasteiger partial charge in [-0.1, -0.05) is 35.9 Å². The molecular weight excluding hydrogens is 303 g/mol. The predicted molar refractivity (Wildman–Crippen MR) is 89.3 cm³/mol. The third kappa shape index (κ3) is 2.66. The Morgan fingerprint density at radius 2 is 1.67 bits per heavy atom. The Morgan fingerprint density at radius 3 is 2.33 bits per heavy atom. The van der Waals surface area contributed by atoms with E-state index in [1.165, 1.54) is 5.56 Å². The molecule has 3 rings (SSSR count). The lowest BCUT2D eigenvalue weighted by Gasteiger charge is -2.19. The number of benzene rings is 2. The average molecular weight is 319 g/mol. The van der Waals surface area contributed by atoms with Crippen LogP contribution in [0.3, 0.4) is 0 Å². The van der Waals surface area contributed by atoms with Gasteiger partial charge in [0.25, 0.3) is 0 Å². The number of hydrogen-bond acceptors (Lipinski definition) is 1. The number of halogens is 2. The molecule has 2 atom stereocenters. The van der Waals surface area contributed by atoms with E-state index in [-0.39, 0.29) is 11.4 Å². The first-order valence-electron chi connectivity index (χ1n) is 6.94. The van der Waals surface area contributed by atoms with Gasteiger partial charge in [-0.15, -0.1) is 11.6 Å². The molecule has 0 N–H and O–H groups in total. The quantitative estimate of drug-likeness (QED) is 0.575. The molecule has 0 aliphatic heterocycles. The van der Waals surface area contributed by atoms with Crippen LogP contribution in [-0.4, -0.2) is 9.55 Å². The van der Waals surface area contributed by atoms with E-state index in [0.29, 0.717) is 0 Å². The van der Waals surface area contributed by atoms with Gasteiger partial charge in [0.1, 0.15) is 5.82 Å². The molecule has 3 aromatic rings. The molecule has 2 aromatic carbocycles. The molecule has 4 heteroatoms. The minimum atomic E-state index is -0.146. The molecule has 2 nitrogen and oxygen atoms in total. The van der Waals surface area contributed by atoms with Crippen LogP contribution in [0, 0.1) is 0 Å². The third-order valence-electron chi connectivity index (χ3n) is 3.72. The first-order valence-corrected chi connectivity index (χ1v) is 7.75. The first-order chi connectivity index (χ1) is 10.1. The summed E-state index contributed by atoms with van der Waals surface area (Å²) >= 11 is 12.3. The minimum absolute atomic E-state index is 0.144. The van der Waals surface area contributed by atoms with Gasteiger partial charge in [-0.3, -0.25) is 0 Å². The van der Waals surface area contributed by atoms with Gasteiger partial charge in [0.15, 0.2) is 0 Å². The monoisotopic (exact) mass is 318 g/mol. The zero-order valence-electron chi connectivity index (χ0n) is 11.9. The van der Waals surface area contributed by atoms with E-state index in [1.807, 2.05) is 49.4 Å². The second-order valence-corrected chi connectivity index (χ2v) is 6.26. The van der Waals surface area contributed by atoms with Crippen molar-refractivity contribution in [3.05, 3.63) is 64.9 Å². The molecule has 0 fully saturated rings. The maximum Gasteiger partial charge on any atom is 0.128 e. The lowest BCUT2D eigenvalue weighted by molar-refractivity contribution is 0.618. The molecule has 21 heavy (non-hydrogen) atoms. The fraction of sp³-hybridized carbons (Fsp3) is 0.235. The Balaban J connectivity index is 2.17. The molecule has 2 unspecified atom stereocenters. The lowest BCUT2D eigenvalue weighted by Crippen LogP contribution is -2.11. The third-order valence-corrected chi connectivity index (χ3v) is 4.17. The fourth-order valence-electron chi connectivity index (χ4n) is 2.64. The molecule has 0 bridgehead atoms. The molecule has 0 amide bonds. The van der Waals surface area contributed by atoms with Crippen molar-refractivity contribution in [1.29, 1.82) is 0 Å². The maximum atomic E-state index is 6.33. The highest BCUT2D eigenvalue weighted by Crippen LogP contribution is 2.31. The first kappa shape index (κ1) is 14.4. The van der Waals surface area contributed by atoms with Crippen molar-refractivity contribution < 1.29 is 0 Å². The molecule has 0 spiro atoms. The summed E-state index contributed by atoms with van der Waals surface area (Å²) < 4.78 is 2.20. The summed E-state index contributed by atoms with van der Waals surface area (Å²) in [5.74, 6) is 0.889. The van der Waals surface area contributed by atoms with Crippen molar-refractivity contribution in [2.75, 3.05) is 0 Å². The van der Waals surface area contributed by atoms with Gasteiger partial charge in [-0.2, -0.15) is 0 Å². The molecule has 1 aromatic heterocycles. The van der Waals surface area contributed by atoms with Crippen molar-refractivity contribution in [1.82, 2.24) is 9.55 Å². The van der Waals surface area contributed by atoms with Crippen LogP contribution in [0.2, 0.25) is 5.02 Å². The molecule has 0 aliphatic carbocycles. The Morgan fingerprint density at radius 1 is 1.00 bits per heavy atom.